The summed E-state index contributed by atoms with van der Waals surface area (Å²) in [6.45, 7) is 3.02. The summed E-state index contributed by atoms with van der Waals surface area (Å²) in [6, 6.07) is 17.8. The Bertz CT molecular complexity index is 729. The fraction of sp³-hybridized carbons (Fsp3) is 0.409. The molecule has 3 rings (SSSR count). The Balaban J connectivity index is 1.62. The van der Waals surface area contributed by atoms with Gasteiger partial charge in [-0.3, -0.25) is 4.79 Å². The number of hydrogen-bond acceptors (Lipinski definition) is 4. The monoisotopic (exact) mass is 368 g/mol. The molecule has 5 nitrogen and oxygen atoms in total. The van der Waals surface area contributed by atoms with Crippen molar-refractivity contribution in [3.63, 3.8) is 0 Å². The van der Waals surface area contributed by atoms with E-state index in [0.717, 1.165) is 42.9 Å². The molecule has 2 aromatic rings. The summed E-state index contributed by atoms with van der Waals surface area (Å²) in [4.78, 5) is 14.7. The van der Waals surface area contributed by atoms with Gasteiger partial charge in [-0.25, -0.2) is 0 Å². The molecule has 27 heavy (non-hydrogen) atoms. The maximum Gasteiger partial charge on any atom is 0.253 e. The molecule has 1 amide bonds. The van der Waals surface area contributed by atoms with Crippen LogP contribution in [0.15, 0.2) is 54.6 Å². The van der Waals surface area contributed by atoms with E-state index in [0.29, 0.717) is 6.61 Å². The van der Waals surface area contributed by atoms with Crippen LogP contribution in [-0.2, 0) is 14.3 Å². The predicted molar refractivity (Wildman–Crippen MR) is 109 cm³/mol. The molecule has 0 bridgehead atoms. The molecule has 5 heteroatoms. The van der Waals surface area contributed by atoms with Gasteiger partial charge in [-0.05, 0) is 50.5 Å². The third-order valence-electron chi connectivity index (χ3n) is 4.84. The number of benzene rings is 2. The first-order valence-electron chi connectivity index (χ1n) is 9.57. The Hall–Kier alpha value is -2.37. The molecule has 0 spiro atoms. The van der Waals surface area contributed by atoms with Crippen LogP contribution in [0.2, 0.25) is 0 Å². The van der Waals surface area contributed by atoms with Crippen LogP contribution < -0.4 is 10.2 Å². The van der Waals surface area contributed by atoms with E-state index in [1.165, 1.54) is 0 Å². The van der Waals surface area contributed by atoms with E-state index < -0.39 is 6.10 Å². The minimum absolute atomic E-state index is 0.102. The number of carbonyl (C=O) groups excluding carboxylic acids is 1. The van der Waals surface area contributed by atoms with E-state index in [4.69, 9.17) is 9.47 Å². The third-order valence-corrected chi connectivity index (χ3v) is 4.84. The summed E-state index contributed by atoms with van der Waals surface area (Å²) in [5.41, 5.74) is 2.75. The molecule has 1 fully saturated rings. The van der Waals surface area contributed by atoms with Gasteiger partial charge in [0.2, 0.25) is 0 Å². The van der Waals surface area contributed by atoms with Gasteiger partial charge in [-0.15, -0.1) is 0 Å². The first-order valence-corrected chi connectivity index (χ1v) is 9.57. The highest BCUT2D eigenvalue weighted by molar-refractivity contribution is 5.97. The van der Waals surface area contributed by atoms with Crippen LogP contribution in [0.1, 0.15) is 26.2 Å². The lowest BCUT2D eigenvalue weighted by Gasteiger charge is -2.25. The second kappa shape index (κ2) is 9.53. The number of amides is 1. The molecule has 2 aromatic carbocycles. The highest BCUT2D eigenvalue weighted by Gasteiger charge is 2.20. The molecule has 1 aliphatic rings. The van der Waals surface area contributed by atoms with Crippen molar-refractivity contribution in [1.29, 1.82) is 0 Å². The van der Waals surface area contributed by atoms with Crippen molar-refractivity contribution in [2.45, 2.75) is 38.4 Å². The fourth-order valence-electron chi connectivity index (χ4n) is 3.16. The average molecular weight is 368 g/mol. The number of nitrogens with zero attached hydrogens (tertiary/aromatic N) is 1. The topological polar surface area (TPSA) is 50.8 Å². The zero-order valence-electron chi connectivity index (χ0n) is 16.1. The number of anilines is 3. The standard InChI is InChI=1S/C22H28N2O3/c1-17(27-16-19-12-8-9-15-26-19)22(25)23-20-13-6-7-14-21(20)24(2)18-10-4-3-5-11-18/h3-7,10-11,13-14,17,19H,8-9,12,15-16H2,1-2H3,(H,23,25). The van der Waals surface area contributed by atoms with Gasteiger partial charge in [0, 0.05) is 19.3 Å². The summed E-state index contributed by atoms with van der Waals surface area (Å²) in [5.74, 6) is -0.153. The number of para-hydroxylation sites is 3. The molecule has 2 atom stereocenters. The summed E-state index contributed by atoms with van der Waals surface area (Å²) < 4.78 is 11.4. The van der Waals surface area contributed by atoms with E-state index in [9.17, 15) is 4.79 Å². The van der Waals surface area contributed by atoms with Gasteiger partial charge in [-0.1, -0.05) is 30.3 Å². The predicted octanol–water partition coefficient (Wildman–Crippen LogP) is 4.37. The van der Waals surface area contributed by atoms with Gasteiger partial charge in [0.05, 0.1) is 24.1 Å². The van der Waals surface area contributed by atoms with Crippen LogP contribution in [0.5, 0.6) is 0 Å². The smallest absolute Gasteiger partial charge is 0.253 e. The molecule has 1 saturated heterocycles. The number of ether oxygens (including phenoxy) is 2. The largest absolute Gasteiger partial charge is 0.376 e. The van der Waals surface area contributed by atoms with Gasteiger partial charge in [-0.2, -0.15) is 0 Å². The molecule has 144 valence electrons. The summed E-state index contributed by atoms with van der Waals surface area (Å²) in [7, 11) is 1.99. The lowest BCUT2D eigenvalue weighted by molar-refractivity contribution is -0.130. The minimum atomic E-state index is -0.536. The summed E-state index contributed by atoms with van der Waals surface area (Å²) >= 11 is 0. The Kier molecular flexibility index (Phi) is 6.85. The molecular weight excluding hydrogens is 340 g/mol. The Labute approximate surface area is 161 Å². The van der Waals surface area contributed by atoms with Crippen molar-refractivity contribution in [1.82, 2.24) is 0 Å². The van der Waals surface area contributed by atoms with Crippen LogP contribution in [0, 0.1) is 0 Å². The van der Waals surface area contributed by atoms with Gasteiger partial charge >= 0.3 is 0 Å². The highest BCUT2D eigenvalue weighted by atomic mass is 16.5. The molecule has 2 unspecified atom stereocenters. The molecule has 0 aliphatic carbocycles. The first kappa shape index (κ1) is 19.4. The van der Waals surface area contributed by atoms with Crippen LogP contribution in [0.4, 0.5) is 17.1 Å². The lowest BCUT2D eigenvalue weighted by Crippen LogP contribution is -2.33. The van der Waals surface area contributed by atoms with Crippen molar-refractivity contribution < 1.29 is 14.3 Å². The summed E-state index contributed by atoms with van der Waals surface area (Å²) in [5, 5.41) is 3.00. The lowest BCUT2D eigenvalue weighted by atomic mass is 10.1. The van der Waals surface area contributed by atoms with Crippen molar-refractivity contribution in [3.05, 3.63) is 54.6 Å². The molecule has 0 aromatic heterocycles. The molecule has 0 saturated carbocycles. The summed E-state index contributed by atoms with van der Waals surface area (Å²) in [6.07, 6.45) is 2.83. The van der Waals surface area contributed by atoms with Gasteiger partial charge < -0.3 is 19.7 Å². The average Bonchev–Trinajstić information content (AvgIpc) is 2.73. The third kappa shape index (κ3) is 5.31. The van der Waals surface area contributed by atoms with E-state index in [1.807, 2.05) is 61.6 Å². The number of nitrogens with one attached hydrogen (secondary N) is 1. The maximum atomic E-state index is 12.6. The van der Waals surface area contributed by atoms with Crippen LogP contribution >= 0.6 is 0 Å². The zero-order chi connectivity index (χ0) is 19.1. The second-order valence-electron chi connectivity index (χ2n) is 6.87. The molecular formula is C22H28N2O3. The van der Waals surface area contributed by atoms with E-state index in [1.54, 1.807) is 6.92 Å². The normalized spacial score (nSPS) is 17.9. The molecule has 1 aliphatic heterocycles. The minimum Gasteiger partial charge on any atom is -0.376 e. The van der Waals surface area contributed by atoms with Crippen LogP contribution in [0.25, 0.3) is 0 Å². The number of hydrogen-bond donors (Lipinski definition) is 1. The van der Waals surface area contributed by atoms with Crippen molar-refractivity contribution in [2.75, 3.05) is 30.5 Å². The fourth-order valence-corrected chi connectivity index (χ4v) is 3.16. The van der Waals surface area contributed by atoms with E-state index in [-0.39, 0.29) is 12.0 Å². The number of carbonyl (C=O) groups is 1. The number of rotatable bonds is 7. The highest BCUT2D eigenvalue weighted by Crippen LogP contribution is 2.30. The van der Waals surface area contributed by atoms with Crippen LogP contribution in [-0.4, -0.2) is 38.4 Å². The molecule has 1 heterocycles. The van der Waals surface area contributed by atoms with Crippen molar-refractivity contribution in [2.24, 2.45) is 0 Å². The van der Waals surface area contributed by atoms with E-state index >= 15 is 0 Å². The van der Waals surface area contributed by atoms with Crippen LogP contribution in [0.3, 0.4) is 0 Å². The van der Waals surface area contributed by atoms with Gasteiger partial charge in [0.15, 0.2) is 0 Å². The molecule has 1 N–H and O–H groups in total. The maximum absolute atomic E-state index is 12.6. The Morgan fingerprint density at radius 3 is 2.67 bits per heavy atom. The van der Waals surface area contributed by atoms with Crippen molar-refractivity contribution in [3.8, 4) is 0 Å². The Morgan fingerprint density at radius 2 is 1.93 bits per heavy atom. The molecule has 0 radical (unpaired) electrons. The van der Waals surface area contributed by atoms with Gasteiger partial charge in [0.25, 0.3) is 5.91 Å². The first-order chi connectivity index (χ1) is 13.1. The zero-order valence-corrected chi connectivity index (χ0v) is 16.1. The second-order valence-corrected chi connectivity index (χ2v) is 6.87. The quantitative estimate of drug-likeness (QED) is 0.789. The van der Waals surface area contributed by atoms with Crippen molar-refractivity contribution >= 4 is 23.0 Å². The van der Waals surface area contributed by atoms with E-state index in [2.05, 4.69) is 10.2 Å². The Morgan fingerprint density at radius 1 is 1.19 bits per heavy atom. The van der Waals surface area contributed by atoms with Gasteiger partial charge in [0.1, 0.15) is 6.10 Å². The SMILES string of the molecule is CC(OCC1CCCCO1)C(=O)Nc1ccccc1N(C)c1ccccc1.